The summed E-state index contributed by atoms with van der Waals surface area (Å²) in [6, 6.07) is 12.2. The third-order valence-corrected chi connectivity index (χ3v) is 3.22. The van der Waals surface area contributed by atoms with Crippen molar-refractivity contribution in [1.29, 1.82) is 5.41 Å². The molecule has 0 unspecified atom stereocenters. The standard InChI is InChI=1S/C15H11ClN4O/c16-10-6-7-12(14-9(10)3-2-8-19-14)21-13-5-1-4-11(20-13)15(17)18/h1-8H,(H3,17,18). The van der Waals surface area contributed by atoms with E-state index in [4.69, 9.17) is 27.5 Å². The highest BCUT2D eigenvalue weighted by Gasteiger charge is 2.09. The first-order valence-electron chi connectivity index (χ1n) is 6.17. The second-order valence-electron chi connectivity index (χ2n) is 4.32. The van der Waals surface area contributed by atoms with Crippen LogP contribution in [0.2, 0.25) is 5.02 Å². The smallest absolute Gasteiger partial charge is 0.219 e. The van der Waals surface area contributed by atoms with Crippen LogP contribution in [0, 0.1) is 5.41 Å². The van der Waals surface area contributed by atoms with E-state index in [0.717, 1.165) is 5.39 Å². The van der Waals surface area contributed by atoms with Gasteiger partial charge in [-0.25, -0.2) is 4.98 Å². The summed E-state index contributed by atoms with van der Waals surface area (Å²) in [5, 5.41) is 8.81. The van der Waals surface area contributed by atoms with Crippen LogP contribution < -0.4 is 10.5 Å². The Bertz CT molecular complexity index is 835. The van der Waals surface area contributed by atoms with Gasteiger partial charge in [-0.15, -0.1) is 0 Å². The molecule has 2 heterocycles. The number of nitrogen functional groups attached to an aromatic ring is 1. The van der Waals surface area contributed by atoms with Crippen molar-refractivity contribution in [1.82, 2.24) is 9.97 Å². The minimum atomic E-state index is -0.112. The molecule has 1 aromatic carbocycles. The third kappa shape index (κ3) is 2.64. The maximum atomic E-state index is 7.40. The van der Waals surface area contributed by atoms with Gasteiger partial charge in [-0.1, -0.05) is 17.7 Å². The van der Waals surface area contributed by atoms with E-state index in [-0.39, 0.29) is 5.84 Å². The van der Waals surface area contributed by atoms with E-state index in [9.17, 15) is 0 Å². The van der Waals surface area contributed by atoms with E-state index in [1.54, 1.807) is 36.5 Å². The van der Waals surface area contributed by atoms with Gasteiger partial charge in [0.2, 0.25) is 5.88 Å². The number of ether oxygens (including phenoxy) is 1. The monoisotopic (exact) mass is 298 g/mol. The molecule has 0 saturated carbocycles. The molecule has 0 atom stereocenters. The van der Waals surface area contributed by atoms with Gasteiger partial charge in [0.25, 0.3) is 0 Å². The summed E-state index contributed by atoms with van der Waals surface area (Å²) in [7, 11) is 0. The summed E-state index contributed by atoms with van der Waals surface area (Å²) in [4.78, 5) is 8.46. The fourth-order valence-electron chi connectivity index (χ4n) is 1.93. The van der Waals surface area contributed by atoms with Gasteiger partial charge in [0.05, 0.1) is 5.02 Å². The summed E-state index contributed by atoms with van der Waals surface area (Å²) >= 11 is 6.14. The molecule has 3 aromatic rings. The molecule has 2 aromatic heterocycles. The van der Waals surface area contributed by atoms with E-state index in [1.807, 2.05) is 12.1 Å². The lowest BCUT2D eigenvalue weighted by molar-refractivity contribution is 0.467. The molecule has 0 aliphatic carbocycles. The molecule has 0 aliphatic rings. The van der Waals surface area contributed by atoms with E-state index in [2.05, 4.69) is 9.97 Å². The number of pyridine rings is 2. The Morgan fingerprint density at radius 2 is 2.00 bits per heavy atom. The molecular formula is C15H11ClN4O. The Balaban J connectivity index is 2.04. The average Bonchev–Trinajstić information content (AvgIpc) is 2.51. The first-order chi connectivity index (χ1) is 10.1. The van der Waals surface area contributed by atoms with Crippen molar-refractivity contribution < 1.29 is 4.74 Å². The van der Waals surface area contributed by atoms with Crippen LogP contribution in [-0.4, -0.2) is 15.8 Å². The van der Waals surface area contributed by atoms with Crippen molar-refractivity contribution in [3.63, 3.8) is 0 Å². The maximum absolute atomic E-state index is 7.40. The molecular weight excluding hydrogens is 288 g/mol. The zero-order valence-corrected chi connectivity index (χ0v) is 11.6. The fraction of sp³-hybridized carbons (Fsp3) is 0. The normalized spacial score (nSPS) is 10.5. The van der Waals surface area contributed by atoms with Crippen molar-refractivity contribution in [2.24, 2.45) is 5.73 Å². The van der Waals surface area contributed by atoms with Crippen LogP contribution in [0.3, 0.4) is 0 Å². The Morgan fingerprint density at radius 1 is 1.14 bits per heavy atom. The first kappa shape index (κ1) is 13.3. The number of fused-ring (bicyclic) bond motifs is 1. The van der Waals surface area contributed by atoms with Gasteiger partial charge in [-0.05, 0) is 30.3 Å². The molecule has 21 heavy (non-hydrogen) atoms. The SMILES string of the molecule is N=C(N)c1cccc(Oc2ccc(Cl)c3cccnc23)n1. The van der Waals surface area contributed by atoms with Gasteiger partial charge in [-0.2, -0.15) is 0 Å². The number of nitrogens with zero attached hydrogens (tertiary/aromatic N) is 2. The highest BCUT2D eigenvalue weighted by molar-refractivity contribution is 6.35. The van der Waals surface area contributed by atoms with E-state index in [1.165, 1.54) is 0 Å². The number of halogens is 1. The lowest BCUT2D eigenvalue weighted by atomic mass is 10.2. The summed E-state index contributed by atoms with van der Waals surface area (Å²) in [5.41, 5.74) is 6.43. The third-order valence-electron chi connectivity index (χ3n) is 2.89. The molecule has 0 aliphatic heterocycles. The topological polar surface area (TPSA) is 84.9 Å². The van der Waals surface area contributed by atoms with Gasteiger partial charge in [0.1, 0.15) is 17.0 Å². The number of rotatable bonds is 3. The first-order valence-corrected chi connectivity index (χ1v) is 6.55. The summed E-state index contributed by atoms with van der Waals surface area (Å²) in [5.74, 6) is 0.778. The number of amidine groups is 1. The van der Waals surface area contributed by atoms with Crippen molar-refractivity contribution in [2.75, 3.05) is 0 Å². The van der Waals surface area contributed by atoms with Crippen LogP contribution in [0.1, 0.15) is 5.69 Å². The lowest BCUT2D eigenvalue weighted by Crippen LogP contribution is -2.13. The number of hydrogen-bond donors (Lipinski definition) is 2. The van der Waals surface area contributed by atoms with Crippen LogP contribution in [0.15, 0.2) is 48.7 Å². The zero-order chi connectivity index (χ0) is 14.8. The van der Waals surface area contributed by atoms with Crippen molar-refractivity contribution in [3.05, 3.63) is 59.4 Å². The number of aromatic nitrogens is 2. The molecule has 0 fully saturated rings. The summed E-state index contributed by atoms with van der Waals surface area (Å²) in [6.45, 7) is 0. The Kier molecular flexibility index (Phi) is 3.41. The highest BCUT2D eigenvalue weighted by atomic mass is 35.5. The molecule has 6 heteroatoms. The molecule has 0 saturated heterocycles. The summed E-state index contributed by atoms with van der Waals surface area (Å²) < 4.78 is 5.75. The van der Waals surface area contributed by atoms with E-state index in [0.29, 0.717) is 27.9 Å². The van der Waals surface area contributed by atoms with E-state index < -0.39 is 0 Å². The van der Waals surface area contributed by atoms with Gasteiger partial charge in [-0.3, -0.25) is 10.4 Å². The number of nitrogens with two attached hydrogens (primary N) is 1. The van der Waals surface area contributed by atoms with Crippen LogP contribution in [0.25, 0.3) is 10.9 Å². The second-order valence-corrected chi connectivity index (χ2v) is 4.73. The number of hydrogen-bond acceptors (Lipinski definition) is 4. The average molecular weight is 299 g/mol. The molecule has 0 spiro atoms. The molecule has 0 radical (unpaired) electrons. The Labute approximate surface area is 125 Å². The van der Waals surface area contributed by atoms with Gasteiger partial charge >= 0.3 is 0 Å². The van der Waals surface area contributed by atoms with Crippen molar-refractivity contribution >= 4 is 28.3 Å². The molecule has 0 bridgehead atoms. The van der Waals surface area contributed by atoms with E-state index >= 15 is 0 Å². The predicted molar refractivity (Wildman–Crippen MR) is 82.1 cm³/mol. The van der Waals surface area contributed by atoms with Crippen LogP contribution in [0.5, 0.6) is 11.6 Å². The minimum absolute atomic E-state index is 0.112. The van der Waals surface area contributed by atoms with Gasteiger partial charge < -0.3 is 10.5 Å². The maximum Gasteiger partial charge on any atom is 0.219 e. The van der Waals surface area contributed by atoms with Crippen molar-refractivity contribution in [3.8, 4) is 11.6 Å². The second kappa shape index (κ2) is 5.38. The van der Waals surface area contributed by atoms with Gasteiger partial charge in [0, 0.05) is 17.6 Å². The van der Waals surface area contributed by atoms with Crippen LogP contribution >= 0.6 is 11.6 Å². The zero-order valence-electron chi connectivity index (χ0n) is 10.9. The quantitative estimate of drug-likeness (QED) is 0.573. The fourth-order valence-corrected chi connectivity index (χ4v) is 2.14. The Morgan fingerprint density at radius 3 is 2.81 bits per heavy atom. The minimum Gasteiger partial charge on any atom is -0.437 e. The highest BCUT2D eigenvalue weighted by Crippen LogP contribution is 2.32. The number of benzene rings is 1. The molecule has 0 amide bonds. The predicted octanol–water partition coefficient (Wildman–Crippen LogP) is 3.36. The summed E-state index contributed by atoms with van der Waals surface area (Å²) in [6.07, 6.45) is 1.67. The Hall–Kier alpha value is -2.66. The van der Waals surface area contributed by atoms with Gasteiger partial charge in [0.15, 0.2) is 5.75 Å². The van der Waals surface area contributed by atoms with Crippen LogP contribution in [-0.2, 0) is 0 Å². The van der Waals surface area contributed by atoms with Crippen molar-refractivity contribution in [2.45, 2.75) is 0 Å². The molecule has 3 rings (SSSR count). The molecule has 104 valence electrons. The molecule has 3 N–H and O–H groups in total. The number of nitrogens with one attached hydrogen (secondary N) is 1. The van der Waals surface area contributed by atoms with Crippen LogP contribution in [0.4, 0.5) is 0 Å². The lowest BCUT2D eigenvalue weighted by Gasteiger charge is -2.09. The molecule has 5 nitrogen and oxygen atoms in total. The largest absolute Gasteiger partial charge is 0.437 e.